The van der Waals surface area contributed by atoms with E-state index in [9.17, 15) is 4.79 Å². The highest BCUT2D eigenvalue weighted by atomic mass is 16.2. The van der Waals surface area contributed by atoms with Crippen LogP contribution in [0.25, 0.3) is 5.82 Å². The molecule has 1 aliphatic heterocycles. The van der Waals surface area contributed by atoms with Gasteiger partial charge in [0.2, 0.25) is 0 Å². The van der Waals surface area contributed by atoms with Crippen molar-refractivity contribution in [1.29, 1.82) is 0 Å². The van der Waals surface area contributed by atoms with Gasteiger partial charge in [-0.3, -0.25) is 4.79 Å². The van der Waals surface area contributed by atoms with Gasteiger partial charge < -0.3 is 10.2 Å². The molecule has 0 unspecified atom stereocenters. The van der Waals surface area contributed by atoms with E-state index in [0.29, 0.717) is 11.5 Å². The third-order valence-electron chi connectivity index (χ3n) is 4.40. The zero-order valence-electron chi connectivity index (χ0n) is 13.5. The normalized spacial score (nSPS) is 15.8. The molecule has 1 fully saturated rings. The lowest BCUT2D eigenvalue weighted by Gasteiger charge is -2.31. The zero-order chi connectivity index (χ0) is 16.1. The lowest BCUT2D eigenvalue weighted by molar-refractivity contribution is 0.0681. The van der Waals surface area contributed by atoms with Gasteiger partial charge in [-0.2, -0.15) is 5.10 Å². The molecule has 1 saturated heterocycles. The van der Waals surface area contributed by atoms with Crippen LogP contribution >= 0.6 is 0 Å². The van der Waals surface area contributed by atoms with Crippen molar-refractivity contribution in [2.75, 3.05) is 26.7 Å². The molecule has 0 bridgehead atoms. The second-order valence-electron chi connectivity index (χ2n) is 5.96. The van der Waals surface area contributed by atoms with Gasteiger partial charge in [0.1, 0.15) is 5.69 Å². The van der Waals surface area contributed by atoms with E-state index in [-0.39, 0.29) is 5.91 Å². The summed E-state index contributed by atoms with van der Waals surface area (Å²) in [6.07, 6.45) is 6.86. The smallest absolute Gasteiger partial charge is 0.272 e. The van der Waals surface area contributed by atoms with Crippen molar-refractivity contribution in [2.45, 2.75) is 19.3 Å². The van der Waals surface area contributed by atoms with Gasteiger partial charge in [0.15, 0.2) is 5.82 Å². The van der Waals surface area contributed by atoms with Gasteiger partial charge in [0.05, 0.1) is 0 Å². The zero-order valence-corrected chi connectivity index (χ0v) is 13.5. The maximum absolute atomic E-state index is 12.7. The van der Waals surface area contributed by atoms with Crippen LogP contribution in [0.3, 0.4) is 0 Å². The minimum absolute atomic E-state index is 0.0195. The molecular weight excluding hydrogens is 290 g/mol. The number of nitrogens with zero attached hydrogens (tertiary/aromatic N) is 4. The quantitative estimate of drug-likeness (QED) is 0.913. The largest absolute Gasteiger partial charge is 0.337 e. The lowest BCUT2D eigenvalue weighted by atomic mass is 9.93. The number of carbonyl (C=O) groups is 1. The summed E-state index contributed by atoms with van der Waals surface area (Å²) >= 11 is 0. The number of nitrogens with one attached hydrogen (secondary N) is 1. The fourth-order valence-electron chi connectivity index (χ4n) is 3.01. The number of pyridine rings is 1. The van der Waals surface area contributed by atoms with E-state index in [1.807, 2.05) is 36.3 Å². The molecule has 122 valence electrons. The number of hydrogen-bond acceptors (Lipinski definition) is 4. The molecule has 0 saturated carbocycles. The van der Waals surface area contributed by atoms with E-state index in [2.05, 4.69) is 15.4 Å². The molecule has 3 heterocycles. The maximum atomic E-state index is 12.7. The van der Waals surface area contributed by atoms with Crippen molar-refractivity contribution >= 4 is 5.91 Å². The molecule has 0 aliphatic carbocycles. The van der Waals surface area contributed by atoms with Gasteiger partial charge in [-0.1, -0.05) is 6.07 Å². The van der Waals surface area contributed by atoms with E-state index < -0.39 is 0 Å². The van der Waals surface area contributed by atoms with Gasteiger partial charge in [-0.05, 0) is 57.0 Å². The summed E-state index contributed by atoms with van der Waals surface area (Å²) < 4.78 is 1.67. The highest BCUT2D eigenvalue weighted by Crippen LogP contribution is 2.21. The lowest BCUT2D eigenvalue weighted by Crippen LogP contribution is -2.39. The first kappa shape index (κ1) is 15.7. The molecule has 0 radical (unpaired) electrons. The fraction of sp³-hybridized carbons (Fsp3) is 0.471. The van der Waals surface area contributed by atoms with E-state index in [4.69, 9.17) is 0 Å². The third kappa shape index (κ3) is 3.76. The van der Waals surface area contributed by atoms with Crippen LogP contribution in [0.4, 0.5) is 0 Å². The molecule has 0 aromatic carbocycles. The first-order valence-corrected chi connectivity index (χ1v) is 8.19. The second kappa shape index (κ2) is 7.37. The van der Waals surface area contributed by atoms with E-state index in [0.717, 1.165) is 38.4 Å². The molecule has 0 spiro atoms. The minimum atomic E-state index is 0.0195. The van der Waals surface area contributed by atoms with Crippen LogP contribution in [0.5, 0.6) is 0 Å². The molecule has 6 heteroatoms. The average molecular weight is 313 g/mol. The van der Waals surface area contributed by atoms with Gasteiger partial charge in [0.25, 0.3) is 5.91 Å². The molecule has 1 amide bonds. The Kier molecular flexibility index (Phi) is 5.02. The Balaban J connectivity index is 1.64. The summed E-state index contributed by atoms with van der Waals surface area (Å²) in [5.74, 6) is 1.41. The number of carbonyl (C=O) groups excluding carboxylic acids is 1. The predicted octanol–water partition coefficient (Wildman–Crippen LogP) is 1.73. The Morgan fingerprint density at radius 2 is 2.13 bits per heavy atom. The van der Waals surface area contributed by atoms with Crippen molar-refractivity contribution in [3.05, 3.63) is 42.4 Å². The first-order valence-electron chi connectivity index (χ1n) is 8.19. The van der Waals surface area contributed by atoms with Crippen LogP contribution in [0.15, 0.2) is 36.7 Å². The fourth-order valence-corrected chi connectivity index (χ4v) is 3.01. The number of piperidine rings is 1. The van der Waals surface area contributed by atoms with Crippen LogP contribution in [0.2, 0.25) is 0 Å². The SMILES string of the molecule is CNCCC1CCN(C(=O)c2cccc(-n3cccn3)n2)CC1. The number of aromatic nitrogens is 3. The van der Waals surface area contributed by atoms with Gasteiger partial charge in [-0.15, -0.1) is 0 Å². The summed E-state index contributed by atoms with van der Waals surface area (Å²) in [6, 6.07) is 7.33. The van der Waals surface area contributed by atoms with E-state index in [1.54, 1.807) is 16.9 Å². The van der Waals surface area contributed by atoms with Crippen LogP contribution in [0, 0.1) is 5.92 Å². The first-order chi connectivity index (χ1) is 11.3. The maximum Gasteiger partial charge on any atom is 0.272 e. The molecule has 6 nitrogen and oxygen atoms in total. The highest BCUT2D eigenvalue weighted by Gasteiger charge is 2.24. The summed E-state index contributed by atoms with van der Waals surface area (Å²) in [7, 11) is 1.98. The Morgan fingerprint density at radius 3 is 2.83 bits per heavy atom. The number of amides is 1. The molecule has 1 aliphatic rings. The van der Waals surface area contributed by atoms with Crippen molar-refractivity contribution in [2.24, 2.45) is 5.92 Å². The molecular formula is C17H23N5O. The highest BCUT2D eigenvalue weighted by molar-refractivity contribution is 5.92. The molecule has 2 aromatic heterocycles. The van der Waals surface area contributed by atoms with Crippen molar-refractivity contribution in [1.82, 2.24) is 25.0 Å². The third-order valence-corrected chi connectivity index (χ3v) is 4.40. The monoisotopic (exact) mass is 313 g/mol. The number of rotatable bonds is 5. The summed E-state index contributed by atoms with van der Waals surface area (Å²) in [5.41, 5.74) is 0.492. The Bertz CT molecular complexity index is 632. The molecule has 2 aromatic rings. The van der Waals surface area contributed by atoms with Crippen molar-refractivity contribution in [3.8, 4) is 5.82 Å². The average Bonchev–Trinajstić information content (AvgIpc) is 3.14. The minimum Gasteiger partial charge on any atom is -0.337 e. The molecule has 1 N–H and O–H groups in total. The second-order valence-corrected chi connectivity index (χ2v) is 5.96. The van der Waals surface area contributed by atoms with Crippen LogP contribution in [0.1, 0.15) is 29.8 Å². The number of likely N-dealkylation sites (tertiary alicyclic amines) is 1. The Labute approximate surface area is 136 Å². The van der Waals surface area contributed by atoms with Gasteiger partial charge in [0, 0.05) is 25.5 Å². The summed E-state index contributed by atoms with van der Waals surface area (Å²) in [5, 5.41) is 7.36. The molecule has 3 rings (SSSR count). The Morgan fingerprint density at radius 1 is 1.30 bits per heavy atom. The van der Waals surface area contributed by atoms with Crippen LogP contribution in [-0.2, 0) is 0 Å². The molecule has 0 atom stereocenters. The topological polar surface area (TPSA) is 63.1 Å². The van der Waals surface area contributed by atoms with Crippen molar-refractivity contribution in [3.63, 3.8) is 0 Å². The van der Waals surface area contributed by atoms with E-state index in [1.165, 1.54) is 6.42 Å². The standard InChI is InChI=1S/C17H23N5O/c1-18-10-6-14-7-12-21(13-8-14)17(23)15-4-2-5-16(20-15)22-11-3-9-19-22/h2-5,9,11,14,18H,6-8,10,12-13H2,1H3. The van der Waals surface area contributed by atoms with Crippen molar-refractivity contribution < 1.29 is 4.79 Å². The Hall–Kier alpha value is -2.21. The predicted molar refractivity (Wildman–Crippen MR) is 88.5 cm³/mol. The van der Waals surface area contributed by atoms with E-state index >= 15 is 0 Å². The van der Waals surface area contributed by atoms with Crippen LogP contribution in [-0.4, -0.2) is 52.3 Å². The number of hydrogen-bond donors (Lipinski definition) is 1. The van der Waals surface area contributed by atoms with Gasteiger partial charge in [-0.25, -0.2) is 9.67 Å². The summed E-state index contributed by atoms with van der Waals surface area (Å²) in [6.45, 7) is 2.69. The molecule has 23 heavy (non-hydrogen) atoms. The van der Waals surface area contributed by atoms with Crippen LogP contribution < -0.4 is 5.32 Å². The summed E-state index contributed by atoms with van der Waals surface area (Å²) in [4.78, 5) is 19.0. The van der Waals surface area contributed by atoms with Gasteiger partial charge >= 0.3 is 0 Å².